The summed E-state index contributed by atoms with van der Waals surface area (Å²) in [5.41, 5.74) is 5.08. The van der Waals surface area contributed by atoms with Crippen LogP contribution in [0.5, 0.6) is 0 Å². The molecule has 8 heteroatoms. The summed E-state index contributed by atoms with van der Waals surface area (Å²) >= 11 is 0.923. The number of rotatable bonds is 9. The fraction of sp³-hybridized carbons (Fsp3) is 0.600. The van der Waals surface area contributed by atoms with E-state index >= 15 is 0 Å². The predicted molar refractivity (Wildman–Crippen MR) is 65.5 cm³/mol. The van der Waals surface area contributed by atoms with Crippen molar-refractivity contribution < 1.29 is 19.5 Å². The number of carbonyl (C=O) groups excluding carboxylic acids is 2. The number of Topliss-reactive ketones (excluding diaryl/α,β-unsaturated/α-hetero) is 1. The van der Waals surface area contributed by atoms with Crippen molar-refractivity contribution in [3.63, 3.8) is 0 Å². The summed E-state index contributed by atoms with van der Waals surface area (Å²) in [6, 6.07) is -1.04. The van der Waals surface area contributed by atoms with Crippen LogP contribution in [0.1, 0.15) is 19.3 Å². The van der Waals surface area contributed by atoms with Crippen molar-refractivity contribution in [2.24, 2.45) is 5.73 Å². The topological polar surface area (TPSA) is 133 Å². The Labute approximate surface area is 109 Å². The highest BCUT2D eigenvalue weighted by atomic mass is 32.2. The van der Waals surface area contributed by atoms with Gasteiger partial charge in [0.15, 0.2) is 0 Å². The van der Waals surface area contributed by atoms with Crippen molar-refractivity contribution in [3.05, 3.63) is 0 Å². The Morgan fingerprint density at radius 2 is 2.06 bits per heavy atom. The van der Waals surface area contributed by atoms with E-state index in [-0.39, 0.29) is 31.6 Å². The molecule has 0 aromatic rings. The number of thiocyanates is 1. The Bertz CT molecular complexity index is 354. The highest BCUT2D eigenvalue weighted by Gasteiger charge is 2.19. The number of carboxylic acid groups (broad SMARTS) is 1. The van der Waals surface area contributed by atoms with E-state index < -0.39 is 17.9 Å². The van der Waals surface area contributed by atoms with Crippen LogP contribution < -0.4 is 11.1 Å². The second-order valence-corrected chi connectivity index (χ2v) is 4.31. The molecule has 0 saturated heterocycles. The maximum Gasteiger partial charge on any atom is 0.326 e. The number of amides is 1. The SMILES string of the molecule is N#CSCCC(NC(=O)CCC(=O)CN)C(=O)O. The highest BCUT2D eigenvalue weighted by molar-refractivity contribution is 8.03. The van der Waals surface area contributed by atoms with E-state index in [1.54, 1.807) is 0 Å². The third kappa shape index (κ3) is 7.65. The lowest BCUT2D eigenvalue weighted by molar-refractivity contribution is -0.141. The third-order valence-electron chi connectivity index (χ3n) is 2.07. The lowest BCUT2D eigenvalue weighted by Crippen LogP contribution is -2.41. The zero-order valence-corrected chi connectivity index (χ0v) is 10.5. The Morgan fingerprint density at radius 1 is 1.39 bits per heavy atom. The Morgan fingerprint density at radius 3 is 2.56 bits per heavy atom. The molecule has 0 aliphatic carbocycles. The quantitative estimate of drug-likeness (QED) is 0.379. The number of hydrogen-bond acceptors (Lipinski definition) is 6. The number of carboxylic acids is 1. The average molecular weight is 273 g/mol. The van der Waals surface area contributed by atoms with Crippen molar-refractivity contribution in [1.29, 1.82) is 5.26 Å². The van der Waals surface area contributed by atoms with Crippen LogP contribution in [0, 0.1) is 10.7 Å². The van der Waals surface area contributed by atoms with Gasteiger partial charge in [-0.25, -0.2) is 4.79 Å². The molecule has 0 fully saturated rings. The summed E-state index contributed by atoms with van der Waals surface area (Å²) in [5.74, 6) is -1.61. The monoisotopic (exact) mass is 273 g/mol. The van der Waals surface area contributed by atoms with Gasteiger partial charge in [-0.15, -0.1) is 0 Å². The van der Waals surface area contributed by atoms with Gasteiger partial charge in [-0.05, 0) is 18.2 Å². The van der Waals surface area contributed by atoms with Gasteiger partial charge in [0.25, 0.3) is 0 Å². The predicted octanol–water partition coefficient (Wildman–Crippen LogP) is -0.532. The number of thioether (sulfide) groups is 1. The number of nitriles is 1. The molecule has 1 atom stereocenters. The second kappa shape index (κ2) is 9.44. The molecule has 0 aliphatic heterocycles. The van der Waals surface area contributed by atoms with Crippen molar-refractivity contribution in [1.82, 2.24) is 5.32 Å². The van der Waals surface area contributed by atoms with Gasteiger partial charge in [-0.3, -0.25) is 9.59 Å². The van der Waals surface area contributed by atoms with E-state index in [9.17, 15) is 14.4 Å². The maximum atomic E-state index is 11.4. The van der Waals surface area contributed by atoms with Gasteiger partial charge in [0, 0.05) is 18.6 Å². The van der Waals surface area contributed by atoms with Crippen LogP contribution in [-0.4, -0.2) is 41.1 Å². The summed E-state index contributed by atoms with van der Waals surface area (Å²) < 4.78 is 0. The van der Waals surface area contributed by atoms with Gasteiger partial charge in [0.2, 0.25) is 5.91 Å². The summed E-state index contributed by atoms with van der Waals surface area (Å²) in [5, 5.41) is 21.3. The number of hydrogen-bond donors (Lipinski definition) is 3. The van der Waals surface area contributed by atoms with Crippen molar-refractivity contribution in [3.8, 4) is 5.40 Å². The Kier molecular flexibility index (Phi) is 8.61. The number of nitrogens with one attached hydrogen (secondary N) is 1. The van der Waals surface area contributed by atoms with Crippen LogP contribution in [0.4, 0.5) is 0 Å². The molecule has 0 aromatic carbocycles. The van der Waals surface area contributed by atoms with E-state index in [0.717, 1.165) is 11.8 Å². The Hall–Kier alpha value is -1.59. The molecule has 1 amide bonds. The zero-order valence-electron chi connectivity index (χ0n) is 9.72. The molecule has 100 valence electrons. The first-order valence-electron chi connectivity index (χ1n) is 5.26. The molecular weight excluding hydrogens is 258 g/mol. The second-order valence-electron chi connectivity index (χ2n) is 3.43. The standard InChI is InChI=1S/C10H15N3O4S/c11-5-7(14)1-2-9(15)13-8(10(16)17)3-4-18-6-12/h8H,1-5,11H2,(H,13,15)(H,16,17). The van der Waals surface area contributed by atoms with Crippen molar-refractivity contribution in [2.45, 2.75) is 25.3 Å². The maximum absolute atomic E-state index is 11.4. The fourth-order valence-electron chi connectivity index (χ4n) is 1.10. The van der Waals surface area contributed by atoms with Crippen LogP contribution in [0.2, 0.25) is 0 Å². The molecule has 0 spiro atoms. The minimum Gasteiger partial charge on any atom is -0.480 e. The lowest BCUT2D eigenvalue weighted by Gasteiger charge is -2.13. The van der Waals surface area contributed by atoms with Crippen LogP contribution in [0.25, 0.3) is 0 Å². The zero-order chi connectivity index (χ0) is 14.0. The number of aliphatic carboxylic acids is 1. The molecule has 7 nitrogen and oxygen atoms in total. The lowest BCUT2D eigenvalue weighted by atomic mass is 10.2. The third-order valence-corrected chi connectivity index (χ3v) is 2.63. The van der Waals surface area contributed by atoms with Gasteiger partial charge in [0.1, 0.15) is 17.2 Å². The van der Waals surface area contributed by atoms with E-state index in [0.29, 0.717) is 5.75 Å². The van der Waals surface area contributed by atoms with Crippen LogP contribution in [0.15, 0.2) is 0 Å². The summed E-state index contributed by atoms with van der Waals surface area (Å²) in [6.07, 6.45) is 0.0803. The van der Waals surface area contributed by atoms with E-state index in [4.69, 9.17) is 16.1 Å². The van der Waals surface area contributed by atoms with Crippen LogP contribution in [0.3, 0.4) is 0 Å². The van der Waals surface area contributed by atoms with Gasteiger partial charge in [-0.2, -0.15) is 5.26 Å². The van der Waals surface area contributed by atoms with Crippen LogP contribution >= 0.6 is 11.8 Å². The number of nitrogens with zero attached hydrogens (tertiary/aromatic N) is 1. The molecular formula is C10H15N3O4S. The highest BCUT2D eigenvalue weighted by Crippen LogP contribution is 2.03. The summed E-state index contributed by atoms with van der Waals surface area (Å²) in [4.78, 5) is 33.1. The molecule has 18 heavy (non-hydrogen) atoms. The van der Waals surface area contributed by atoms with Gasteiger partial charge in [0.05, 0.1) is 6.54 Å². The van der Waals surface area contributed by atoms with Gasteiger partial charge < -0.3 is 16.2 Å². The average Bonchev–Trinajstić information content (AvgIpc) is 2.34. The van der Waals surface area contributed by atoms with Crippen LogP contribution in [-0.2, 0) is 14.4 Å². The minimum atomic E-state index is -1.16. The van der Waals surface area contributed by atoms with Crippen molar-refractivity contribution in [2.75, 3.05) is 12.3 Å². The normalized spacial score (nSPS) is 11.3. The summed E-state index contributed by atoms with van der Waals surface area (Å²) in [6.45, 7) is -0.131. The minimum absolute atomic E-state index is 0.00161. The van der Waals surface area contributed by atoms with Gasteiger partial charge in [-0.1, -0.05) is 0 Å². The number of carbonyl (C=O) groups is 3. The smallest absolute Gasteiger partial charge is 0.326 e. The van der Waals surface area contributed by atoms with Crippen molar-refractivity contribution >= 4 is 29.4 Å². The molecule has 0 radical (unpaired) electrons. The molecule has 0 heterocycles. The first-order valence-corrected chi connectivity index (χ1v) is 6.24. The molecule has 0 bridgehead atoms. The number of ketones is 1. The number of nitrogens with two attached hydrogens (primary N) is 1. The molecule has 0 rings (SSSR count). The van der Waals surface area contributed by atoms with E-state index in [1.165, 1.54) is 0 Å². The molecule has 0 aliphatic rings. The molecule has 0 saturated carbocycles. The molecule has 4 N–H and O–H groups in total. The summed E-state index contributed by atoms with van der Waals surface area (Å²) in [7, 11) is 0. The van der Waals surface area contributed by atoms with E-state index in [2.05, 4.69) is 5.32 Å². The van der Waals surface area contributed by atoms with Gasteiger partial charge >= 0.3 is 5.97 Å². The molecule has 0 aromatic heterocycles. The van der Waals surface area contributed by atoms with E-state index in [1.807, 2.05) is 5.40 Å². The largest absolute Gasteiger partial charge is 0.480 e. The molecule has 1 unspecified atom stereocenters. The Balaban J connectivity index is 4.08. The first kappa shape index (κ1) is 16.4. The first-order chi connectivity index (χ1) is 8.51. The fourth-order valence-corrected chi connectivity index (χ4v) is 1.55.